The smallest absolute Gasteiger partial charge is 0.254 e. The Balaban J connectivity index is 2.02. The Bertz CT molecular complexity index is 421. The van der Waals surface area contributed by atoms with E-state index in [0.717, 1.165) is 25.7 Å². The van der Waals surface area contributed by atoms with Crippen LogP contribution in [0, 0.1) is 5.92 Å². The van der Waals surface area contributed by atoms with Gasteiger partial charge in [-0.25, -0.2) is 0 Å². The number of H-pyrrole nitrogens is 1. The number of nitrogens with one attached hydrogen (secondary N) is 2. The second kappa shape index (κ2) is 4.99. The second-order valence-corrected chi connectivity index (χ2v) is 4.35. The lowest BCUT2D eigenvalue weighted by Crippen LogP contribution is -2.26. The Morgan fingerprint density at radius 2 is 2.06 bits per heavy atom. The number of hydrogen-bond acceptors (Lipinski definition) is 3. The molecule has 0 spiro atoms. The van der Waals surface area contributed by atoms with Crippen molar-refractivity contribution in [3.8, 4) is 0 Å². The van der Waals surface area contributed by atoms with Crippen LogP contribution in [0.25, 0.3) is 0 Å². The first-order valence-corrected chi connectivity index (χ1v) is 5.82. The molecular formula is C11H16N4O2. The van der Waals surface area contributed by atoms with Gasteiger partial charge in [-0.1, -0.05) is 19.3 Å². The van der Waals surface area contributed by atoms with Crippen LogP contribution in [0.4, 0.5) is 5.82 Å². The minimum absolute atomic E-state index is 0.0350. The summed E-state index contributed by atoms with van der Waals surface area (Å²) in [6.07, 6.45) is 6.50. The number of carbonyl (C=O) groups is 2. The Labute approximate surface area is 99.0 Å². The third-order valence-electron chi connectivity index (χ3n) is 3.13. The van der Waals surface area contributed by atoms with Gasteiger partial charge in [0.15, 0.2) is 0 Å². The van der Waals surface area contributed by atoms with Crippen LogP contribution in [0.1, 0.15) is 42.5 Å². The Hall–Kier alpha value is -1.85. The average Bonchev–Trinajstić information content (AvgIpc) is 2.78. The van der Waals surface area contributed by atoms with E-state index in [1.165, 1.54) is 12.6 Å². The van der Waals surface area contributed by atoms with Gasteiger partial charge in [-0.3, -0.25) is 14.7 Å². The number of primary amides is 1. The number of anilines is 1. The second-order valence-electron chi connectivity index (χ2n) is 4.35. The van der Waals surface area contributed by atoms with Crippen molar-refractivity contribution in [1.29, 1.82) is 0 Å². The average molecular weight is 236 g/mol. The van der Waals surface area contributed by atoms with Crippen molar-refractivity contribution in [2.45, 2.75) is 32.1 Å². The van der Waals surface area contributed by atoms with Crippen LogP contribution in [0.3, 0.4) is 0 Å². The Morgan fingerprint density at radius 3 is 2.71 bits per heavy atom. The van der Waals surface area contributed by atoms with Crippen LogP contribution in [-0.4, -0.2) is 22.0 Å². The van der Waals surface area contributed by atoms with Gasteiger partial charge in [-0.05, 0) is 12.8 Å². The van der Waals surface area contributed by atoms with E-state index in [1.807, 2.05) is 0 Å². The lowest BCUT2D eigenvalue weighted by molar-refractivity contribution is -0.120. The van der Waals surface area contributed by atoms with E-state index in [-0.39, 0.29) is 17.4 Å². The molecule has 1 aromatic heterocycles. The summed E-state index contributed by atoms with van der Waals surface area (Å²) in [7, 11) is 0. The Kier molecular flexibility index (Phi) is 3.41. The van der Waals surface area contributed by atoms with Crippen molar-refractivity contribution >= 4 is 17.6 Å². The number of amides is 2. The van der Waals surface area contributed by atoms with Crippen molar-refractivity contribution < 1.29 is 9.59 Å². The fourth-order valence-corrected chi connectivity index (χ4v) is 2.16. The van der Waals surface area contributed by atoms with Gasteiger partial charge in [-0.15, -0.1) is 0 Å². The highest BCUT2D eigenvalue weighted by Gasteiger charge is 2.22. The summed E-state index contributed by atoms with van der Waals surface area (Å²) in [6, 6.07) is 0. The molecule has 6 nitrogen and oxygen atoms in total. The first-order valence-electron chi connectivity index (χ1n) is 5.82. The zero-order chi connectivity index (χ0) is 12.3. The fourth-order valence-electron chi connectivity index (χ4n) is 2.16. The van der Waals surface area contributed by atoms with E-state index >= 15 is 0 Å². The lowest BCUT2D eigenvalue weighted by atomic mass is 9.89. The third-order valence-corrected chi connectivity index (χ3v) is 3.13. The van der Waals surface area contributed by atoms with Crippen molar-refractivity contribution in [1.82, 2.24) is 10.2 Å². The maximum Gasteiger partial charge on any atom is 0.254 e. The van der Waals surface area contributed by atoms with Crippen LogP contribution in [0.15, 0.2) is 6.20 Å². The SMILES string of the molecule is NC(=O)c1cn[nH]c1NC(=O)C1CCCCC1. The molecule has 0 aliphatic heterocycles. The maximum absolute atomic E-state index is 11.9. The highest BCUT2D eigenvalue weighted by molar-refractivity contribution is 6.02. The predicted octanol–water partition coefficient (Wildman–Crippen LogP) is 1.03. The molecule has 0 aromatic carbocycles. The first-order chi connectivity index (χ1) is 8.18. The highest BCUT2D eigenvalue weighted by atomic mass is 16.2. The van der Waals surface area contributed by atoms with Crippen molar-refractivity contribution in [3.05, 3.63) is 11.8 Å². The first kappa shape index (κ1) is 11.6. The normalized spacial score (nSPS) is 16.7. The van der Waals surface area contributed by atoms with Crippen LogP contribution in [0.2, 0.25) is 0 Å². The molecule has 0 bridgehead atoms. The fraction of sp³-hybridized carbons (Fsp3) is 0.545. The summed E-state index contributed by atoms with van der Waals surface area (Å²) in [5.74, 6) is -0.324. The minimum Gasteiger partial charge on any atom is -0.365 e. The number of carbonyl (C=O) groups excluding carboxylic acids is 2. The highest BCUT2D eigenvalue weighted by Crippen LogP contribution is 2.25. The molecule has 1 aliphatic rings. The van der Waals surface area contributed by atoms with Crippen LogP contribution in [0.5, 0.6) is 0 Å². The molecule has 1 heterocycles. The largest absolute Gasteiger partial charge is 0.365 e. The molecule has 0 saturated heterocycles. The topological polar surface area (TPSA) is 101 Å². The van der Waals surface area contributed by atoms with Gasteiger partial charge in [0.2, 0.25) is 5.91 Å². The lowest BCUT2D eigenvalue weighted by Gasteiger charge is -2.20. The zero-order valence-electron chi connectivity index (χ0n) is 9.53. The number of nitrogens with zero attached hydrogens (tertiary/aromatic N) is 1. The molecule has 2 amide bonds. The molecule has 1 fully saturated rings. The third kappa shape index (κ3) is 2.64. The van der Waals surface area contributed by atoms with Crippen molar-refractivity contribution in [2.75, 3.05) is 5.32 Å². The monoisotopic (exact) mass is 236 g/mol. The van der Waals surface area contributed by atoms with E-state index in [4.69, 9.17) is 5.73 Å². The molecule has 17 heavy (non-hydrogen) atoms. The van der Waals surface area contributed by atoms with E-state index in [9.17, 15) is 9.59 Å². The van der Waals surface area contributed by atoms with Gasteiger partial charge < -0.3 is 11.1 Å². The molecule has 1 aromatic rings. The van der Waals surface area contributed by atoms with E-state index in [0.29, 0.717) is 5.82 Å². The van der Waals surface area contributed by atoms with Crippen molar-refractivity contribution in [3.63, 3.8) is 0 Å². The molecule has 92 valence electrons. The number of aromatic nitrogens is 2. The summed E-state index contributed by atoms with van der Waals surface area (Å²) in [4.78, 5) is 23.0. The summed E-state index contributed by atoms with van der Waals surface area (Å²) in [6.45, 7) is 0. The number of hydrogen-bond donors (Lipinski definition) is 3. The Morgan fingerprint density at radius 1 is 1.35 bits per heavy atom. The van der Waals surface area contributed by atoms with Crippen LogP contribution in [-0.2, 0) is 4.79 Å². The molecule has 4 N–H and O–H groups in total. The van der Waals surface area contributed by atoms with Crippen LogP contribution < -0.4 is 11.1 Å². The molecular weight excluding hydrogens is 220 g/mol. The number of nitrogens with two attached hydrogens (primary N) is 1. The quantitative estimate of drug-likeness (QED) is 0.730. The predicted molar refractivity (Wildman–Crippen MR) is 62.3 cm³/mol. The molecule has 2 rings (SSSR count). The summed E-state index contributed by atoms with van der Waals surface area (Å²) in [5.41, 5.74) is 5.38. The van der Waals surface area contributed by atoms with Gasteiger partial charge in [0.25, 0.3) is 5.91 Å². The van der Waals surface area contributed by atoms with Gasteiger partial charge in [0.05, 0.1) is 6.20 Å². The molecule has 6 heteroatoms. The molecule has 0 atom stereocenters. The maximum atomic E-state index is 11.9. The van der Waals surface area contributed by atoms with E-state index in [1.54, 1.807) is 0 Å². The summed E-state index contributed by atoms with van der Waals surface area (Å²) < 4.78 is 0. The summed E-state index contributed by atoms with van der Waals surface area (Å²) in [5, 5.41) is 8.96. The zero-order valence-corrected chi connectivity index (χ0v) is 9.53. The van der Waals surface area contributed by atoms with Gasteiger partial charge in [-0.2, -0.15) is 5.10 Å². The molecule has 1 aliphatic carbocycles. The van der Waals surface area contributed by atoms with Gasteiger partial charge >= 0.3 is 0 Å². The molecule has 0 radical (unpaired) electrons. The number of rotatable bonds is 3. The number of aromatic amines is 1. The standard InChI is InChI=1S/C11H16N4O2/c12-9(16)8-6-13-15-10(8)14-11(17)7-4-2-1-3-5-7/h6-7H,1-5H2,(H2,12,16)(H2,13,14,15,17). The minimum atomic E-state index is -0.599. The molecule has 1 saturated carbocycles. The van der Waals surface area contributed by atoms with Crippen molar-refractivity contribution in [2.24, 2.45) is 11.7 Å². The summed E-state index contributed by atoms with van der Waals surface area (Å²) >= 11 is 0. The van der Waals surface area contributed by atoms with Crippen LogP contribution >= 0.6 is 0 Å². The van der Waals surface area contributed by atoms with Gasteiger partial charge in [0.1, 0.15) is 11.4 Å². The molecule has 0 unspecified atom stereocenters. The van der Waals surface area contributed by atoms with Gasteiger partial charge in [0, 0.05) is 5.92 Å². The van der Waals surface area contributed by atoms with E-state index < -0.39 is 5.91 Å². The van der Waals surface area contributed by atoms with E-state index in [2.05, 4.69) is 15.5 Å².